The van der Waals surface area contributed by atoms with Crippen LogP contribution in [0.5, 0.6) is 0 Å². The predicted molar refractivity (Wildman–Crippen MR) is 128 cm³/mol. The summed E-state index contributed by atoms with van der Waals surface area (Å²) in [6.07, 6.45) is 6.48. The van der Waals surface area contributed by atoms with E-state index in [4.69, 9.17) is 4.98 Å². The van der Waals surface area contributed by atoms with Crippen molar-refractivity contribution in [1.82, 2.24) is 14.5 Å². The highest BCUT2D eigenvalue weighted by Gasteiger charge is 2.29. The van der Waals surface area contributed by atoms with Gasteiger partial charge in [0.2, 0.25) is 5.91 Å². The number of carbonyl (C=O) groups is 2. The van der Waals surface area contributed by atoms with Gasteiger partial charge >= 0.3 is 0 Å². The Morgan fingerprint density at radius 3 is 2.69 bits per heavy atom. The Balaban J connectivity index is 1.39. The lowest BCUT2D eigenvalue weighted by Gasteiger charge is -2.31. The van der Waals surface area contributed by atoms with Crippen LogP contribution in [0.1, 0.15) is 58.9 Å². The van der Waals surface area contributed by atoms with Crippen molar-refractivity contribution in [3.8, 4) is 0 Å². The number of fused-ring (bicyclic) bond motifs is 3. The van der Waals surface area contributed by atoms with Crippen LogP contribution in [0.25, 0.3) is 10.9 Å². The zero-order valence-corrected chi connectivity index (χ0v) is 19.8. The van der Waals surface area contributed by atoms with Gasteiger partial charge in [-0.25, -0.2) is 4.98 Å². The molecule has 0 N–H and O–H groups in total. The Morgan fingerprint density at radius 1 is 1.19 bits per heavy atom. The van der Waals surface area contributed by atoms with Crippen molar-refractivity contribution in [2.75, 3.05) is 6.54 Å². The number of aryl methyl sites for hydroxylation is 2. The number of hydrogen-bond donors (Lipinski definition) is 0. The number of amides is 1. The van der Waals surface area contributed by atoms with Crippen molar-refractivity contribution >= 4 is 34.4 Å². The first-order valence-corrected chi connectivity index (χ1v) is 12.6. The minimum Gasteiger partial charge on any atom is -0.337 e. The van der Waals surface area contributed by atoms with Crippen LogP contribution >= 0.6 is 11.3 Å². The molecule has 0 spiro atoms. The quantitative estimate of drug-likeness (QED) is 0.513. The van der Waals surface area contributed by atoms with Crippen LogP contribution in [-0.2, 0) is 29.1 Å². The molecule has 3 aromatic rings. The molecule has 5 nitrogen and oxygen atoms in total. The molecule has 1 aliphatic heterocycles. The van der Waals surface area contributed by atoms with Crippen LogP contribution < -0.4 is 0 Å². The molecule has 1 amide bonds. The van der Waals surface area contributed by atoms with E-state index in [0.29, 0.717) is 18.9 Å². The highest BCUT2D eigenvalue weighted by atomic mass is 32.1. The molecule has 2 aromatic heterocycles. The summed E-state index contributed by atoms with van der Waals surface area (Å²) in [4.78, 5) is 32.3. The number of hydrogen-bond acceptors (Lipinski definition) is 4. The standard InChI is InChI=1S/C26H31N3O2S/c1-17-23(27-18(2)32-17)14-29-24-6-4-3-5-21(24)22-11-12-28(15-25(22)29)26(31)13-19-7-9-20(16-30)10-8-19/h3-6,16,19-20H,7-15H2,1-2H3/t19-,20+. The second-order valence-corrected chi connectivity index (χ2v) is 10.9. The molecule has 168 valence electrons. The Hall–Kier alpha value is -2.47. The SMILES string of the molecule is Cc1nc(Cn2c3c(c4ccccc42)CCN(C(=O)C[C@H]2CC[C@@H](C=O)CC2)C3)c(C)s1. The molecule has 2 aliphatic rings. The monoisotopic (exact) mass is 449 g/mol. The predicted octanol–water partition coefficient (Wildman–Crippen LogP) is 5.04. The van der Waals surface area contributed by atoms with Gasteiger partial charge in [-0.1, -0.05) is 18.2 Å². The lowest BCUT2D eigenvalue weighted by Crippen LogP contribution is -2.38. The third-order valence-corrected chi connectivity index (χ3v) is 8.30. The maximum absolute atomic E-state index is 13.2. The summed E-state index contributed by atoms with van der Waals surface area (Å²) in [7, 11) is 0. The van der Waals surface area contributed by atoms with E-state index < -0.39 is 0 Å². The van der Waals surface area contributed by atoms with E-state index in [-0.39, 0.29) is 11.8 Å². The van der Waals surface area contributed by atoms with E-state index in [1.165, 1.54) is 27.0 Å². The van der Waals surface area contributed by atoms with E-state index in [2.05, 4.69) is 47.6 Å². The normalized spacial score (nSPS) is 21.0. The fraction of sp³-hybridized carbons (Fsp3) is 0.500. The molecule has 6 heteroatoms. The second-order valence-electron chi connectivity index (χ2n) is 9.45. The van der Waals surface area contributed by atoms with E-state index in [1.807, 2.05) is 0 Å². The van der Waals surface area contributed by atoms with Gasteiger partial charge in [-0.2, -0.15) is 0 Å². The van der Waals surface area contributed by atoms with E-state index in [0.717, 1.165) is 62.2 Å². The molecule has 0 unspecified atom stereocenters. The van der Waals surface area contributed by atoms with Crippen molar-refractivity contribution < 1.29 is 9.59 Å². The summed E-state index contributed by atoms with van der Waals surface area (Å²) < 4.78 is 2.39. The summed E-state index contributed by atoms with van der Waals surface area (Å²) in [5.74, 6) is 0.890. The van der Waals surface area contributed by atoms with Crippen molar-refractivity contribution in [3.63, 3.8) is 0 Å². The van der Waals surface area contributed by atoms with Crippen molar-refractivity contribution in [2.24, 2.45) is 11.8 Å². The zero-order valence-electron chi connectivity index (χ0n) is 19.0. The van der Waals surface area contributed by atoms with Gasteiger partial charge in [0, 0.05) is 40.4 Å². The van der Waals surface area contributed by atoms with Crippen LogP contribution in [0.4, 0.5) is 0 Å². The summed E-state index contributed by atoms with van der Waals surface area (Å²) in [5, 5.41) is 2.41. The molecular weight excluding hydrogens is 418 g/mol. The number of aldehydes is 1. The average Bonchev–Trinajstić information content (AvgIpc) is 3.30. The maximum atomic E-state index is 13.2. The summed E-state index contributed by atoms with van der Waals surface area (Å²) >= 11 is 1.75. The van der Waals surface area contributed by atoms with E-state index >= 15 is 0 Å². The number of nitrogens with zero attached hydrogens (tertiary/aromatic N) is 3. The number of benzene rings is 1. The number of aromatic nitrogens is 2. The smallest absolute Gasteiger partial charge is 0.223 e. The van der Waals surface area contributed by atoms with E-state index in [1.54, 1.807) is 11.3 Å². The molecule has 1 fully saturated rings. The first-order valence-electron chi connectivity index (χ1n) is 11.8. The highest BCUT2D eigenvalue weighted by Crippen LogP contribution is 2.34. The Bertz CT molecular complexity index is 1150. The van der Waals surface area contributed by atoms with E-state index in [9.17, 15) is 9.59 Å². The fourth-order valence-corrected chi connectivity index (χ4v) is 6.39. The summed E-state index contributed by atoms with van der Waals surface area (Å²) in [6, 6.07) is 8.62. The van der Waals surface area contributed by atoms with Crippen LogP contribution in [0.2, 0.25) is 0 Å². The molecule has 1 aliphatic carbocycles. The van der Waals surface area contributed by atoms with Crippen molar-refractivity contribution in [1.29, 1.82) is 0 Å². The fourth-order valence-electron chi connectivity index (χ4n) is 5.56. The first-order chi connectivity index (χ1) is 15.5. The lowest BCUT2D eigenvalue weighted by molar-refractivity contribution is -0.133. The van der Waals surface area contributed by atoms with Crippen LogP contribution in [-0.4, -0.2) is 33.2 Å². The van der Waals surface area contributed by atoms with Gasteiger partial charge in [0.25, 0.3) is 0 Å². The van der Waals surface area contributed by atoms with Gasteiger partial charge in [0.1, 0.15) is 6.29 Å². The van der Waals surface area contributed by atoms with Crippen molar-refractivity contribution in [2.45, 2.75) is 65.5 Å². The Kier molecular flexibility index (Phi) is 5.89. The van der Waals surface area contributed by atoms with Crippen LogP contribution in [0, 0.1) is 25.7 Å². The number of rotatable bonds is 5. The molecular formula is C26H31N3O2S. The van der Waals surface area contributed by atoms with Gasteiger partial charge in [0.05, 0.1) is 23.8 Å². The molecule has 3 heterocycles. The van der Waals surface area contributed by atoms with Gasteiger partial charge in [0.15, 0.2) is 0 Å². The highest BCUT2D eigenvalue weighted by molar-refractivity contribution is 7.11. The average molecular weight is 450 g/mol. The molecule has 5 rings (SSSR count). The molecule has 0 atom stereocenters. The molecule has 32 heavy (non-hydrogen) atoms. The van der Waals surface area contributed by atoms with Crippen LogP contribution in [0.3, 0.4) is 0 Å². The minimum atomic E-state index is 0.201. The van der Waals surface area contributed by atoms with Gasteiger partial charge in [-0.3, -0.25) is 4.79 Å². The molecule has 1 saturated carbocycles. The zero-order chi connectivity index (χ0) is 22.2. The minimum absolute atomic E-state index is 0.201. The van der Waals surface area contributed by atoms with Crippen molar-refractivity contribution in [3.05, 3.63) is 51.1 Å². The molecule has 0 radical (unpaired) electrons. The second kappa shape index (κ2) is 8.81. The lowest BCUT2D eigenvalue weighted by atomic mass is 9.81. The number of para-hydroxylation sites is 1. The third kappa shape index (κ3) is 4.01. The van der Waals surface area contributed by atoms with Gasteiger partial charge < -0.3 is 14.3 Å². The van der Waals surface area contributed by atoms with Gasteiger partial charge in [-0.15, -0.1) is 11.3 Å². The summed E-state index contributed by atoms with van der Waals surface area (Å²) in [6.45, 7) is 6.43. The molecule has 1 aromatic carbocycles. The summed E-state index contributed by atoms with van der Waals surface area (Å²) in [5.41, 5.74) is 5.02. The maximum Gasteiger partial charge on any atom is 0.223 e. The number of carbonyl (C=O) groups excluding carboxylic acids is 2. The Morgan fingerprint density at radius 2 is 1.97 bits per heavy atom. The van der Waals surface area contributed by atoms with Crippen LogP contribution in [0.15, 0.2) is 24.3 Å². The van der Waals surface area contributed by atoms with Gasteiger partial charge in [-0.05, 0) is 63.5 Å². The third-order valence-electron chi connectivity index (χ3n) is 7.37. The largest absolute Gasteiger partial charge is 0.337 e. The molecule has 0 saturated heterocycles. The topological polar surface area (TPSA) is 55.2 Å². The first kappa shape index (κ1) is 21.4. The molecule has 0 bridgehead atoms. The number of thiazole rings is 1. The Labute approximate surface area is 193 Å².